The highest BCUT2D eigenvalue weighted by Crippen LogP contribution is 2.14. The van der Waals surface area contributed by atoms with Crippen LogP contribution < -0.4 is 10.6 Å². The Hall–Kier alpha value is -1.89. The molecule has 20 heavy (non-hydrogen) atoms. The molecule has 0 bridgehead atoms. The molecule has 0 heterocycles. The predicted octanol–water partition coefficient (Wildman–Crippen LogP) is 3.50. The molecule has 0 atom stereocenters. The molecular formula is C15H13IN2O2. The van der Waals surface area contributed by atoms with E-state index < -0.39 is 0 Å². The number of rotatable bonds is 3. The second kappa shape index (κ2) is 6.51. The minimum atomic E-state index is -0.180. The van der Waals surface area contributed by atoms with E-state index in [-0.39, 0.29) is 11.8 Å². The average Bonchev–Trinajstić information content (AvgIpc) is 2.41. The Morgan fingerprint density at radius 1 is 0.850 bits per heavy atom. The predicted molar refractivity (Wildman–Crippen MR) is 87.9 cm³/mol. The molecule has 2 N–H and O–H groups in total. The molecule has 0 aliphatic rings. The third-order valence-electron chi connectivity index (χ3n) is 2.57. The molecule has 0 aliphatic carbocycles. The summed E-state index contributed by atoms with van der Waals surface area (Å²) in [6.07, 6.45) is 0. The van der Waals surface area contributed by atoms with Crippen LogP contribution in [0.4, 0.5) is 11.4 Å². The summed E-state index contributed by atoms with van der Waals surface area (Å²) >= 11 is 2.21. The molecule has 0 aromatic heterocycles. The minimum Gasteiger partial charge on any atom is -0.326 e. The Labute approximate surface area is 130 Å². The summed E-state index contributed by atoms with van der Waals surface area (Å²) in [7, 11) is 0. The highest BCUT2D eigenvalue weighted by Gasteiger charge is 2.06. The van der Waals surface area contributed by atoms with Gasteiger partial charge in [0.05, 0.1) is 0 Å². The standard InChI is InChI=1S/C15H13IN2O2/c1-10(19)17-13-6-2-11(3-7-13)15(20)18-14-8-4-12(16)5-9-14/h2-9H,1H3,(H,17,19)(H,18,20). The fraction of sp³-hybridized carbons (Fsp3) is 0.0667. The molecule has 2 aromatic carbocycles. The molecular weight excluding hydrogens is 367 g/mol. The summed E-state index contributed by atoms with van der Waals surface area (Å²) in [6.45, 7) is 1.44. The van der Waals surface area contributed by atoms with Gasteiger partial charge in [-0.25, -0.2) is 0 Å². The van der Waals surface area contributed by atoms with Crippen molar-refractivity contribution in [2.75, 3.05) is 10.6 Å². The van der Waals surface area contributed by atoms with Crippen molar-refractivity contribution < 1.29 is 9.59 Å². The second-order valence-electron chi connectivity index (χ2n) is 4.22. The van der Waals surface area contributed by atoms with Crippen molar-refractivity contribution in [1.29, 1.82) is 0 Å². The summed E-state index contributed by atoms with van der Waals surface area (Å²) in [6, 6.07) is 14.3. The van der Waals surface area contributed by atoms with Crippen molar-refractivity contribution in [1.82, 2.24) is 0 Å². The van der Waals surface area contributed by atoms with Gasteiger partial charge in [0, 0.05) is 27.4 Å². The Balaban J connectivity index is 2.05. The van der Waals surface area contributed by atoms with Crippen molar-refractivity contribution in [3.63, 3.8) is 0 Å². The lowest BCUT2D eigenvalue weighted by Crippen LogP contribution is -2.12. The Morgan fingerprint density at radius 3 is 1.90 bits per heavy atom. The Morgan fingerprint density at radius 2 is 1.35 bits per heavy atom. The van der Waals surface area contributed by atoms with Crippen LogP contribution in [0.1, 0.15) is 17.3 Å². The van der Waals surface area contributed by atoms with Gasteiger partial charge in [-0.15, -0.1) is 0 Å². The summed E-state index contributed by atoms with van der Waals surface area (Å²) < 4.78 is 1.11. The number of hydrogen-bond donors (Lipinski definition) is 2. The van der Waals surface area contributed by atoms with E-state index in [0.717, 1.165) is 9.26 Å². The number of halogens is 1. The number of nitrogens with one attached hydrogen (secondary N) is 2. The first kappa shape index (κ1) is 14.5. The first-order valence-corrected chi connectivity index (χ1v) is 7.07. The SMILES string of the molecule is CC(=O)Nc1ccc(C(=O)Nc2ccc(I)cc2)cc1. The van der Waals surface area contributed by atoms with Crippen molar-refractivity contribution in [2.45, 2.75) is 6.92 Å². The molecule has 4 nitrogen and oxygen atoms in total. The molecule has 102 valence electrons. The fourth-order valence-corrected chi connectivity index (χ4v) is 2.00. The number of benzene rings is 2. The largest absolute Gasteiger partial charge is 0.326 e. The first-order chi connectivity index (χ1) is 9.54. The van der Waals surface area contributed by atoms with Crippen LogP contribution in [0.2, 0.25) is 0 Å². The molecule has 0 saturated carbocycles. The lowest BCUT2D eigenvalue weighted by Gasteiger charge is -2.06. The van der Waals surface area contributed by atoms with Crippen molar-refractivity contribution in [3.05, 3.63) is 57.7 Å². The summed E-state index contributed by atoms with van der Waals surface area (Å²) in [5.41, 5.74) is 1.96. The van der Waals surface area contributed by atoms with Crippen LogP contribution in [0.15, 0.2) is 48.5 Å². The molecule has 0 saturated heterocycles. The first-order valence-electron chi connectivity index (χ1n) is 5.99. The van der Waals surface area contributed by atoms with Crippen LogP contribution >= 0.6 is 22.6 Å². The lowest BCUT2D eigenvalue weighted by atomic mass is 10.2. The zero-order valence-electron chi connectivity index (χ0n) is 10.8. The fourth-order valence-electron chi connectivity index (χ4n) is 1.64. The van der Waals surface area contributed by atoms with E-state index in [4.69, 9.17) is 0 Å². The highest BCUT2D eigenvalue weighted by atomic mass is 127. The van der Waals surface area contributed by atoms with Gasteiger partial charge < -0.3 is 10.6 Å². The van der Waals surface area contributed by atoms with Gasteiger partial charge in [0.1, 0.15) is 0 Å². The van der Waals surface area contributed by atoms with Gasteiger partial charge in [0.2, 0.25) is 5.91 Å². The monoisotopic (exact) mass is 380 g/mol. The van der Waals surface area contributed by atoms with Crippen molar-refractivity contribution in [3.8, 4) is 0 Å². The van der Waals surface area contributed by atoms with E-state index in [0.29, 0.717) is 11.3 Å². The average molecular weight is 380 g/mol. The quantitative estimate of drug-likeness (QED) is 0.801. The van der Waals surface area contributed by atoms with Crippen molar-refractivity contribution in [2.24, 2.45) is 0 Å². The molecule has 2 rings (SSSR count). The van der Waals surface area contributed by atoms with Gasteiger partial charge in [-0.3, -0.25) is 9.59 Å². The van der Waals surface area contributed by atoms with E-state index in [2.05, 4.69) is 33.2 Å². The zero-order valence-corrected chi connectivity index (χ0v) is 13.0. The van der Waals surface area contributed by atoms with E-state index in [1.54, 1.807) is 24.3 Å². The summed E-state index contributed by atoms with van der Waals surface area (Å²) in [5, 5.41) is 5.47. The maximum Gasteiger partial charge on any atom is 0.255 e. The summed E-state index contributed by atoms with van der Waals surface area (Å²) in [5.74, 6) is -0.318. The highest BCUT2D eigenvalue weighted by molar-refractivity contribution is 14.1. The number of carbonyl (C=O) groups excluding carboxylic acids is 2. The third kappa shape index (κ3) is 4.06. The molecule has 2 amide bonds. The molecule has 0 aliphatic heterocycles. The number of hydrogen-bond acceptors (Lipinski definition) is 2. The van der Waals surface area contributed by atoms with Gasteiger partial charge in [-0.05, 0) is 71.1 Å². The van der Waals surface area contributed by atoms with E-state index in [1.165, 1.54) is 6.92 Å². The maximum absolute atomic E-state index is 12.0. The minimum absolute atomic E-state index is 0.138. The van der Waals surface area contributed by atoms with Crippen LogP contribution in [0, 0.1) is 3.57 Å². The molecule has 0 spiro atoms. The smallest absolute Gasteiger partial charge is 0.255 e. The second-order valence-corrected chi connectivity index (χ2v) is 5.47. The van der Waals surface area contributed by atoms with Crippen LogP contribution in [0.25, 0.3) is 0 Å². The molecule has 5 heteroatoms. The van der Waals surface area contributed by atoms with Gasteiger partial charge in [-0.2, -0.15) is 0 Å². The lowest BCUT2D eigenvalue weighted by molar-refractivity contribution is -0.114. The van der Waals surface area contributed by atoms with Crippen LogP contribution in [0.5, 0.6) is 0 Å². The van der Waals surface area contributed by atoms with E-state index in [1.807, 2.05) is 24.3 Å². The van der Waals surface area contributed by atoms with Gasteiger partial charge in [-0.1, -0.05) is 0 Å². The number of amides is 2. The van der Waals surface area contributed by atoms with Crippen LogP contribution in [-0.4, -0.2) is 11.8 Å². The van der Waals surface area contributed by atoms with E-state index >= 15 is 0 Å². The number of anilines is 2. The number of carbonyl (C=O) groups is 2. The molecule has 0 radical (unpaired) electrons. The molecule has 0 fully saturated rings. The molecule has 0 unspecified atom stereocenters. The van der Waals surface area contributed by atoms with Gasteiger partial charge in [0.15, 0.2) is 0 Å². The van der Waals surface area contributed by atoms with Crippen LogP contribution in [-0.2, 0) is 4.79 Å². The van der Waals surface area contributed by atoms with Gasteiger partial charge >= 0.3 is 0 Å². The Kier molecular flexibility index (Phi) is 4.73. The van der Waals surface area contributed by atoms with E-state index in [9.17, 15) is 9.59 Å². The van der Waals surface area contributed by atoms with Crippen LogP contribution in [0.3, 0.4) is 0 Å². The summed E-state index contributed by atoms with van der Waals surface area (Å²) in [4.78, 5) is 22.9. The topological polar surface area (TPSA) is 58.2 Å². The van der Waals surface area contributed by atoms with Crippen molar-refractivity contribution >= 4 is 45.8 Å². The normalized spacial score (nSPS) is 9.90. The Bertz CT molecular complexity index is 621. The maximum atomic E-state index is 12.0. The van der Waals surface area contributed by atoms with Gasteiger partial charge in [0.25, 0.3) is 5.91 Å². The zero-order chi connectivity index (χ0) is 14.5. The molecule has 2 aromatic rings. The third-order valence-corrected chi connectivity index (χ3v) is 3.29.